The summed E-state index contributed by atoms with van der Waals surface area (Å²) < 4.78 is 1.64. The molecule has 2 N–H and O–H groups in total. The zero-order chi connectivity index (χ0) is 15.6. The van der Waals surface area contributed by atoms with Crippen LogP contribution < -0.4 is 5.32 Å². The van der Waals surface area contributed by atoms with Gasteiger partial charge in [0.15, 0.2) is 5.65 Å². The molecule has 2 aromatic heterocycles. The molecule has 110 valence electrons. The molecule has 0 aliphatic heterocycles. The SMILES string of the molecule is C#CCC(CC)Nc1c(C(=O)O)cnc2c1c(C)nn2C. The third kappa shape index (κ3) is 2.68. The van der Waals surface area contributed by atoms with Gasteiger partial charge in [-0.3, -0.25) is 4.68 Å². The molecule has 1 atom stereocenters. The second-order valence-corrected chi connectivity index (χ2v) is 4.92. The normalized spacial score (nSPS) is 12.1. The van der Waals surface area contributed by atoms with E-state index in [0.717, 1.165) is 17.5 Å². The molecule has 0 spiro atoms. The molecule has 0 aliphatic rings. The first kappa shape index (κ1) is 14.9. The van der Waals surface area contributed by atoms with Crippen molar-refractivity contribution in [1.82, 2.24) is 14.8 Å². The Morgan fingerprint density at radius 2 is 2.33 bits per heavy atom. The molecular weight excluding hydrogens is 268 g/mol. The average Bonchev–Trinajstić information content (AvgIpc) is 2.73. The topological polar surface area (TPSA) is 80.0 Å². The first-order valence-electron chi connectivity index (χ1n) is 6.75. The van der Waals surface area contributed by atoms with Crippen LogP contribution in [0.1, 0.15) is 35.8 Å². The second kappa shape index (κ2) is 5.83. The number of anilines is 1. The lowest BCUT2D eigenvalue weighted by atomic mass is 10.1. The largest absolute Gasteiger partial charge is 0.478 e. The molecule has 0 saturated heterocycles. The summed E-state index contributed by atoms with van der Waals surface area (Å²) in [6.45, 7) is 3.84. The fourth-order valence-electron chi connectivity index (χ4n) is 2.37. The summed E-state index contributed by atoms with van der Waals surface area (Å²) in [7, 11) is 1.78. The third-order valence-corrected chi connectivity index (χ3v) is 3.46. The van der Waals surface area contributed by atoms with Gasteiger partial charge in [-0.2, -0.15) is 5.10 Å². The maximum Gasteiger partial charge on any atom is 0.339 e. The molecule has 2 aromatic rings. The number of carbonyl (C=O) groups is 1. The average molecular weight is 286 g/mol. The van der Waals surface area contributed by atoms with Crippen molar-refractivity contribution in [3.8, 4) is 12.3 Å². The van der Waals surface area contributed by atoms with Gasteiger partial charge in [0.25, 0.3) is 0 Å². The van der Waals surface area contributed by atoms with Crippen LogP contribution in [0.4, 0.5) is 5.69 Å². The minimum absolute atomic E-state index is 0.0123. The van der Waals surface area contributed by atoms with Crippen LogP contribution in [0, 0.1) is 19.3 Å². The lowest BCUT2D eigenvalue weighted by molar-refractivity contribution is 0.0697. The Labute approximate surface area is 123 Å². The van der Waals surface area contributed by atoms with Crippen molar-refractivity contribution in [1.29, 1.82) is 0 Å². The Kier molecular flexibility index (Phi) is 4.13. The van der Waals surface area contributed by atoms with E-state index in [4.69, 9.17) is 6.42 Å². The summed E-state index contributed by atoms with van der Waals surface area (Å²) in [5.41, 5.74) is 2.06. The number of terminal acetylenes is 1. The number of hydrogen-bond donors (Lipinski definition) is 2. The second-order valence-electron chi connectivity index (χ2n) is 4.92. The van der Waals surface area contributed by atoms with Crippen LogP contribution >= 0.6 is 0 Å². The van der Waals surface area contributed by atoms with Crippen LogP contribution in [-0.4, -0.2) is 31.9 Å². The highest BCUT2D eigenvalue weighted by Crippen LogP contribution is 2.29. The number of pyridine rings is 1. The Morgan fingerprint density at radius 3 is 2.90 bits per heavy atom. The molecule has 0 bridgehead atoms. The zero-order valence-electron chi connectivity index (χ0n) is 12.3. The first-order chi connectivity index (χ1) is 9.99. The van der Waals surface area contributed by atoms with Crippen molar-refractivity contribution in [3.05, 3.63) is 17.5 Å². The van der Waals surface area contributed by atoms with E-state index < -0.39 is 5.97 Å². The van der Waals surface area contributed by atoms with E-state index in [2.05, 4.69) is 21.3 Å². The highest BCUT2D eigenvalue weighted by molar-refractivity contribution is 6.04. The van der Waals surface area contributed by atoms with Crippen molar-refractivity contribution in [2.45, 2.75) is 32.7 Å². The standard InChI is InChI=1S/C15H18N4O2/c1-5-7-10(6-2)17-13-11(15(20)21)8-16-14-12(13)9(3)18-19(14)4/h1,8,10H,6-7H2,2-4H3,(H,16,17)(H,20,21). The molecule has 2 rings (SSSR count). The first-order valence-corrected chi connectivity index (χ1v) is 6.75. The summed E-state index contributed by atoms with van der Waals surface area (Å²) in [4.78, 5) is 15.7. The molecule has 0 aliphatic carbocycles. The van der Waals surface area contributed by atoms with Crippen molar-refractivity contribution < 1.29 is 9.90 Å². The van der Waals surface area contributed by atoms with Gasteiger partial charge in [0.05, 0.1) is 16.8 Å². The summed E-state index contributed by atoms with van der Waals surface area (Å²) >= 11 is 0. The van der Waals surface area contributed by atoms with E-state index in [1.54, 1.807) is 11.7 Å². The smallest absolute Gasteiger partial charge is 0.339 e. The molecule has 6 heteroatoms. The van der Waals surface area contributed by atoms with Crippen molar-refractivity contribution in [2.24, 2.45) is 7.05 Å². The quantitative estimate of drug-likeness (QED) is 0.824. The number of hydrogen-bond acceptors (Lipinski definition) is 4. The molecule has 0 saturated carbocycles. The molecule has 0 fully saturated rings. The Hall–Kier alpha value is -2.55. The van der Waals surface area contributed by atoms with E-state index in [0.29, 0.717) is 17.8 Å². The van der Waals surface area contributed by atoms with Crippen LogP contribution in [0.25, 0.3) is 11.0 Å². The van der Waals surface area contributed by atoms with Gasteiger partial charge in [0.2, 0.25) is 0 Å². The number of fused-ring (bicyclic) bond motifs is 1. The molecular formula is C15H18N4O2. The lowest BCUT2D eigenvalue weighted by Gasteiger charge is -2.18. The summed E-state index contributed by atoms with van der Waals surface area (Å²) in [5.74, 6) is 1.59. The van der Waals surface area contributed by atoms with Crippen molar-refractivity contribution in [2.75, 3.05) is 5.32 Å². The van der Waals surface area contributed by atoms with Crippen LogP contribution in [0.5, 0.6) is 0 Å². The minimum atomic E-state index is -1.02. The van der Waals surface area contributed by atoms with E-state index in [1.807, 2.05) is 13.8 Å². The maximum atomic E-state index is 11.5. The fourth-order valence-corrected chi connectivity index (χ4v) is 2.37. The number of carboxylic acid groups (broad SMARTS) is 1. The molecule has 2 heterocycles. The predicted octanol–water partition coefficient (Wildman–Crippen LogP) is 2.19. The Morgan fingerprint density at radius 1 is 1.62 bits per heavy atom. The van der Waals surface area contributed by atoms with Crippen LogP contribution in [0.15, 0.2) is 6.20 Å². The molecule has 0 radical (unpaired) electrons. The Bertz CT molecular complexity index is 727. The third-order valence-electron chi connectivity index (χ3n) is 3.46. The predicted molar refractivity (Wildman–Crippen MR) is 81.4 cm³/mol. The molecule has 0 amide bonds. The van der Waals surface area contributed by atoms with Gasteiger partial charge in [-0.1, -0.05) is 6.92 Å². The minimum Gasteiger partial charge on any atom is -0.478 e. The monoisotopic (exact) mass is 286 g/mol. The fraction of sp³-hybridized carbons (Fsp3) is 0.400. The van der Waals surface area contributed by atoms with Crippen molar-refractivity contribution >= 4 is 22.7 Å². The van der Waals surface area contributed by atoms with E-state index in [-0.39, 0.29) is 11.6 Å². The maximum absolute atomic E-state index is 11.5. The van der Waals surface area contributed by atoms with Crippen LogP contribution in [0.2, 0.25) is 0 Å². The number of aromatic carboxylic acids is 1. The highest BCUT2D eigenvalue weighted by Gasteiger charge is 2.20. The van der Waals surface area contributed by atoms with E-state index in [9.17, 15) is 9.90 Å². The van der Waals surface area contributed by atoms with Gasteiger partial charge in [0, 0.05) is 25.7 Å². The number of aryl methyl sites for hydroxylation is 2. The van der Waals surface area contributed by atoms with Crippen LogP contribution in [-0.2, 0) is 7.05 Å². The van der Waals surface area contributed by atoms with Gasteiger partial charge < -0.3 is 10.4 Å². The van der Waals surface area contributed by atoms with Gasteiger partial charge in [-0.25, -0.2) is 9.78 Å². The van der Waals surface area contributed by atoms with Gasteiger partial charge >= 0.3 is 5.97 Å². The summed E-state index contributed by atoms with van der Waals surface area (Å²) in [5, 5.41) is 17.7. The summed E-state index contributed by atoms with van der Waals surface area (Å²) in [6.07, 6.45) is 8.05. The number of rotatable bonds is 5. The zero-order valence-corrected chi connectivity index (χ0v) is 12.3. The van der Waals surface area contributed by atoms with Gasteiger partial charge in [-0.05, 0) is 13.3 Å². The lowest BCUT2D eigenvalue weighted by Crippen LogP contribution is -2.20. The van der Waals surface area contributed by atoms with Crippen LogP contribution in [0.3, 0.4) is 0 Å². The molecule has 6 nitrogen and oxygen atoms in total. The van der Waals surface area contributed by atoms with Crippen molar-refractivity contribution in [3.63, 3.8) is 0 Å². The Balaban J connectivity index is 2.64. The number of nitrogens with one attached hydrogen (secondary N) is 1. The molecule has 1 unspecified atom stereocenters. The molecule has 0 aromatic carbocycles. The molecule has 21 heavy (non-hydrogen) atoms. The van der Waals surface area contributed by atoms with Gasteiger partial charge in [0.1, 0.15) is 5.56 Å². The number of aromatic nitrogens is 3. The highest BCUT2D eigenvalue weighted by atomic mass is 16.4. The number of nitrogens with zero attached hydrogens (tertiary/aromatic N) is 3. The summed E-state index contributed by atoms with van der Waals surface area (Å²) in [6, 6.07) is 0.0123. The van der Waals surface area contributed by atoms with E-state index in [1.165, 1.54) is 6.20 Å². The van der Waals surface area contributed by atoms with E-state index >= 15 is 0 Å². The van der Waals surface area contributed by atoms with Gasteiger partial charge in [-0.15, -0.1) is 12.3 Å². The number of carboxylic acids is 1.